The first-order valence-electron chi connectivity index (χ1n) is 6.72. The predicted octanol–water partition coefficient (Wildman–Crippen LogP) is 3.39. The first kappa shape index (κ1) is 13.2. The van der Waals surface area contributed by atoms with Crippen LogP contribution in [-0.2, 0) is 15.3 Å². The standard InChI is InChI=1S/C16H11ClN2O3/c1-10(20)21-16-12-4-2-3-5-15(12)22-19(16)9-18-14-7-6-11(17)8-13(14)16/h2-9H,1H3. The Morgan fingerprint density at radius 3 is 2.91 bits per heavy atom. The molecule has 6 heteroatoms. The monoisotopic (exact) mass is 314 g/mol. The molecule has 2 aromatic carbocycles. The number of nitrogens with zero attached hydrogens (tertiary/aromatic N) is 2. The molecule has 0 bridgehead atoms. The van der Waals surface area contributed by atoms with Gasteiger partial charge in [-0.05, 0) is 30.3 Å². The Kier molecular flexibility index (Phi) is 2.68. The number of hydrogen-bond acceptors (Lipinski definition) is 5. The van der Waals surface area contributed by atoms with Gasteiger partial charge in [0.2, 0.25) is 0 Å². The second-order valence-corrected chi connectivity index (χ2v) is 5.49. The number of fused-ring (bicyclic) bond motifs is 5. The van der Waals surface area contributed by atoms with E-state index in [0.717, 1.165) is 5.56 Å². The smallest absolute Gasteiger partial charge is 0.305 e. The molecule has 2 aliphatic rings. The number of hydrogen-bond donors (Lipinski definition) is 0. The molecule has 0 aromatic heterocycles. The van der Waals surface area contributed by atoms with E-state index in [0.29, 0.717) is 22.0 Å². The molecule has 2 aliphatic heterocycles. The first-order valence-corrected chi connectivity index (χ1v) is 7.10. The third kappa shape index (κ3) is 1.66. The summed E-state index contributed by atoms with van der Waals surface area (Å²) in [5.41, 5.74) is 0.884. The van der Waals surface area contributed by atoms with Crippen molar-refractivity contribution in [2.45, 2.75) is 12.6 Å². The van der Waals surface area contributed by atoms with E-state index in [1.807, 2.05) is 24.3 Å². The lowest BCUT2D eigenvalue weighted by molar-refractivity contribution is -0.193. The lowest BCUT2D eigenvalue weighted by Gasteiger charge is -2.37. The van der Waals surface area contributed by atoms with Gasteiger partial charge in [0, 0.05) is 11.9 Å². The Bertz CT molecular complexity index is 821. The van der Waals surface area contributed by atoms with Crippen molar-refractivity contribution in [3.05, 3.63) is 58.6 Å². The molecule has 110 valence electrons. The van der Waals surface area contributed by atoms with Crippen LogP contribution < -0.4 is 4.84 Å². The van der Waals surface area contributed by atoms with Crippen molar-refractivity contribution in [2.75, 3.05) is 0 Å². The third-order valence-electron chi connectivity index (χ3n) is 3.68. The molecule has 0 saturated heterocycles. The molecule has 5 nitrogen and oxygen atoms in total. The summed E-state index contributed by atoms with van der Waals surface area (Å²) in [5.74, 6) is 0.189. The van der Waals surface area contributed by atoms with Gasteiger partial charge in [0.1, 0.15) is 6.34 Å². The van der Waals surface area contributed by atoms with Crippen LogP contribution in [0.1, 0.15) is 18.1 Å². The molecule has 1 atom stereocenters. The van der Waals surface area contributed by atoms with Gasteiger partial charge in [-0.25, -0.2) is 4.99 Å². The minimum Gasteiger partial charge on any atom is -0.427 e. The molecule has 0 amide bonds. The van der Waals surface area contributed by atoms with Crippen LogP contribution in [0.25, 0.3) is 0 Å². The van der Waals surface area contributed by atoms with Crippen LogP contribution in [0.4, 0.5) is 5.69 Å². The van der Waals surface area contributed by atoms with Crippen molar-refractivity contribution in [3.8, 4) is 5.75 Å². The quantitative estimate of drug-likeness (QED) is 0.757. The highest BCUT2D eigenvalue weighted by molar-refractivity contribution is 6.30. The summed E-state index contributed by atoms with van der Waals surface area (Å²) in [6.45, 7) is 1.36. The van der Waals surface area contributed by atoms with E-state index in [9.17, 15) is 4.79 Å². The van der Waals surface area contributed by atoms with E-state index < -0.39 is 11.7 Å². The van der Waals surface area contributed by atoms with E-state index in [1.54, 1.807) is 18.2 Å². The maximum Gasteiger partial charge on any atom is 0.305 e. The summed E-state index contributed by atoms with van der Waals surface area (Å²) in [6, 6.07) is 12.7. The summed E-state index contributed by atoms with van der Waals surface area (Å²) >= 11 is 6.14. The number of halogens is 1. The number of esters is 1. The second-order valence-electron chi connectivity index (χ2n) is 5.06. The maximum absolute atomic E-state index is 11.8. The van der Waals surface area contributed by atoms with Crippen LogP contribution in [0, 0.1) is 0 Å². The van der Waals surface area contributed by atoms with Gasteiger partial charge in [0.05, 0.1) is 16.8 Å². The number of carbonyl (C=O) groups excluding carboxylic acids is 1. The normalized spacial score (nSPS) is 20.7. The summed E-state index contributed by atoms with van der Waals surface area (Å²) in [5, 5.41) is 1.98. The topological polar surface area (TPSA) is 51.1 Å². The molecule has 0 N–H and O–H groups in total. The van der Waals surface area contributed by atoms with Crippen molar-refractivity contribution in [3.63, 3.8) is 0 Å². The highest BCUT2D eigenvalue weighted by Gasteiger charge is 2.54. The largest absolute Gasteiger partial charge is 0.427 e. The van der Waals surface area contributed by atoms with Crippen LogP contribution >= 0.6 is 11.6 Å². The SMILES string of the molecule is CC(=O)OC12c3cc(Cl)ccc3N=CN1Oc1ccccc12. The Balaban J connectivity index is 2.05. The highest BCUT2D eigenvalue weighted by atomic mass is 35.5. The fourth-order valence-corrected chi connectivity index (χ4v) is 3.03. The fourth-order valence-electron chi connectivity index (χ4n) is 2.85. The Labute approximate surface area is 131 Å². The van der Waals surface area contributed by atoms with E-state index >= 15 is 0 Å². The van der Waals surface area contributed by atoms with Gasteiger partial charge in [-0.1, -0.05) is 23.7 Å². The molecular formula is C16H11ClN2O3. The first-order chi connectivity index (χ1) is 10.6. The Morgan fingerprint density at radius 2 is 2.09 bits per heavy atom. The van der Waals surface area contributed by atoms with Gasteiger partial charge >= 0.3 is 5.97 Å². The van der Waals surface area contributed by atoms with Crippen molar-refractivity contribution < 1.29 is 14.4 Å². The molecule has 4 rings (SSSR count). The van der Waals surface area contributed by atoms with Gasteiger partial charge in [-0.2, -0.15) is 0 Å². The number of hydroxylamine groups is 2. The molecule has 0 aliphatic carbocycles. The van der Waals surface area contributed by atoms with Crippen molar-refractivity contribution in [1.82, 2.24) is 5.06 Å². The van der Waals surface area contributed by atoms with Crippen molar-refractivity contribution >= 4 is 29.6 Å². The van der Waals surface area contributed by atoms with E-state index in [1.165, 1.54) is 18.3 Å². The van der Waals surface area contributed by atoms with E-state index in [4.69, 9.17) is 21.2 Å². The van der Waals surface area contributed by atoms with Gasteiger partial charge in [-0.3, -0.25) is 4.79 Å². The number of rotatable bonds is 1. The van der Waals surface area contributed by atoms with Crippen LogP contribution in [0.3, 0.4) is 0 Å². The minimum absolute atomic E-state index is 0.425. The Hall–Kier alpha value is -2.53. The molecule has 1 unspecified atom stereocenters. The zero-order valence-corrected chi connectivity index (χ0v) is 12.4. The van der Waals surface area contributed by atoms with Gasteiger partial charge in [0.15, 0.2) is 5.75 Å². The molecule has 0 spiro atoms. The summed E-state index contributed by atoms with van der Waals surface area (Å²) in [6.07, 6.45) is 1.51. The molecule has 0 fully saturated rings. The van der Waals surface area contributed by atoms with Crippen molar-refractivity contribution in [1.29, 1.82) is 0 Å². The number of para-hydroxylation sites is 1. The second kappa shape index (κ2) is 4.48. The Morgan fingerprint density at radius 1 is 1.27 bits per heavy atom. The average molecular weight is 315 g/mol. The van der Waals surface area contributed by atoms with E-state index in [2.05, 4.69) is 4.99 Å². The van der Waals surface area contributed by atoms with E-state index in [-0.39, 0.29) is 0 Å². The van der Waals surface area contributed by atoms with Gasteiger partial charge < -0.3 is 9.57 Å². The van der Waals surface area contributed by atoms with Crippen molar-refractivity contribution in [2.24, 2.45) is 4.99 Å². The lowest BCUT2D eigenvalue weighted by Crippen LogP contribution is -2.48. The molecule has 0 saturated carbocycles. The average Bonchev–Trinajstić information content (AvgIpc) is 2.81. The summed E-state index contributed by atoms with van der Waals surface area (Å²) in [7, 11) is 0. The molecule has 2 aromatic rings. The number of aliphatic imine (C=N–C) groups is 1. The highest BCUT2D eigenvalue weighted by Crippen LogP contribution is 2.51. The lowest BCUT2D eigenvalue weighted by atomic mass is 9.92. The maximum atomic E-state index is 11.8. The summed E-state index contributed by atoms with van der Waals surface area (Å²) in [4.78, 5) is 21.9. The number of benzene rings is 2. The molecule has 2 heterocycles. The molecular weight excluding hydrogens is 304 g/mol. The van der Waals surface area contributed by atoms with Gasteiger partial charge in [-0.15, -0.1) is 5.06 Å². The predicted molar refractivity (Wildman–Crippen MR) is 81.1 cm³/mol. The zero-order chi connectivity index (χ0) is 15.3. The molecule has 0 radical (unpaired) electrons. The fraction of sp³-hybridized carbons (Fsp3) is 0.125. The zero-order valence-electron chi connectivity index (χ0n) is 11.6. The van der Waals surface area contributed by atoms with Crippen LogP contribution in [0.2, 0.25) is 5.02 Å². The minimum atomic E-state index is -1.20. The molecule has 22 heavy (non-hydrogen) atoms. The van der Waals surface area contributed by atoms with Crippen LogP contribution in [-0.4, -0.2) is 17.4 Å². The number of carbonyl (C=O) groups is 1. The number of ether oxygens (including phenoxy) is 1. The van der Waals surface area contributed by atoms with Gasteiger partial charge in [0.25, 0.3) is 5.72 Å². The van der Waals surface area contributed by atoms with Crippen LogP contribution in [0.5, 0.6) is 5.75 Å². The third-order valence-corrected chi connectivity index (χ3v) is 3.91. The summed E-state index contributed by atoms with van der Waals surface area (Å²) < 4.78 is 5.72. The van der Waals surface area contributed by atoms with Crippen LogP contribution in [0.15, 0.2) is 47.5 Å².